The van der Waals surface area contributed by atoms with Crippen LogP contribution in [0.5, 0.6) is 0 Å². The lowest BCUT2D eigenvalue weighted by molar-refractivity contribution is -0.163. The van der Waals surface area contributed by atoms with Gasteiger partial charge in [-0.25, -0.2) is 0 Å². The SMILES string of the molecule is CC(C)C1(O)CN(C(=O)CCNC(=O)C(C)(C)C)C1. The summed E-state index contributed by atoms with van der Waals surface area (Å²) in [6, 6.07) is 0. The molecule has 2 amide bonds. The van der Waals surface area contributed by atoms with E-state index in [4.69, 9.17) is 0 Å². The summed E-state index contributed by atoms with van der Waals surface area (Å²) in [5.74, 6) is 0.0827. The van der Waals surface area contributed by atoms with Crippen molar-refractivity contribution in [2.75, 3.05) is 19.6 Å². The molecule has 1 fully saturated rings. The predicted octanol–water partition coefficient (Wildman–Crippen LogP) is 0.768. The summed E-state index contributed by atoms with van der Waals surface area (Å²) >= 11 is 0. The number of carbonyl (C=O) groups excluding carboxylic acids is 2. The first-order chi connectivity index (χ1) is 8.56. The number of rotatable bonds is 4. The minimum atomic E-state index is -0.732. The quantitative estimate of drug-likeness (QED) is 0.792. The summed E-state index contributed by atoms with van der Waals surface area (Å²) in [4.78, 5) is 25.1. The third-order valence-electron chi connectivity index (χ3n) is 3.66. The first-order valence-electron chi connectivity index (χ1n) is 6.85. The van der Waals surface area contributed by atoms with Crippen LogP contribution in [0, 0.1) is 11.3 Å². The molecule has 0 spiro atoms. The van der Waals surface area contributed by atoms with Crippen LogP contribution in [0.4, 0.5) is 0 Å². The highest BCUT2D eigenvalue weighted by molar-refractivity contribution is 5.82. The Balaban J connectivity index is 2.26. The number of carbonyl (C=O) groups is 2. The van der Waals surface area contributed by atoms with Gasteiger partial charge in [-0.3, -0.25) is 9.59 Å². The number of nitrogens with one attached hydrogen (secondary N) is 1. The zero-order valence-electron chi connectivity index (χ0n) is 12.6. The summed E-state index contributed by atoms with van der Waals surface area (Å²) in [7, 11) is 0. The maximum absolute atomic E-state index is 11.8. The summed E-state index contributed by atoms with van der Waals surface area (Å²) in [6.07, 6.45) is 0.288. The van der Waals surface area contributed by atoms with Gasteiger partial charge in [0.2, 0.25) is 11.8 Å². The number of aliphatic hydroxyl groups is 1. The van der Waals surface area contributed by atoms with Crippen LogP contribution in [-0.2, 0) is 9.59 Å². The van der Waals surface area contributed by atoms with E-state index in [1.54, 1.807) is 4.90 Å². The topological polar surface area (TPSA) is 69.6 Å². The third kappa shape index (κ3) is 3.93. The van der Waals surface area contributed by atoms with E-state index in [2.05, 4.69) is 5.32 Å². The fourth-order valence-electron chi connectivity index (χ4n) is 1.86. The predicted molar refractivity (Wildman–Crippen MR) is 73.4 cm³/mol. The average Bonchev–Trinajstić information content (AvgIpc) is 2.22. The number of likely N-dealkylation sites (tertiary alicyclic amines) is 1. The summed E-state index contributed by atoms with van der Waals surface area (Å²) in [5.41, 5.74) is -1.16. The molecule has 1 saturated heterocycles. The summed E-state index contributed by atoms with van der Waals surface area (Å²) < 4.78 is 0. The van der Waals surface area contributed by atoms with E-state index in [0.717, 1.165) is 0 Å². The number of nitrogens with zero attached hydrogens (tertiary/aromatic N) is 1. The van der Waals surface area contributed by atoms with Crippen molar-refractivity contribution < 1.29 is 14.7 Å². The normalized spacial score (nSPS) is 18.2. The highest BCUT2D eigenvalue weighted by Gasteiger charge is 2.45. The van der Waals surface area contributed by atoms with Crippen LogP contribution in [0.25, 0.3) is 0 Å². The Morgan fingerprint density at radius 1 is 1.32 bits per heavy atom. The van der Waals surface area contributed by atoms with E-state index in [1.165, 1.54) is 0 Å². The Hall–Kier alpha value is -1.10. The largest absolute Gasteiger partial charge is 0.386 e. The lowest BCUT2D eigenvalue weighted by Gasteiger charge is -2.49. The van der Waals surface area contributed by atoms with Crippen molar-refractivity contribution in [3.05, 3.63) is 0 Å². The van der Waals surface area contributed by atoms with Crippen molar-refractivity contribution in [3.63, 3.8) is 0 Å². The molecule has 0 radical (unpaired) electrons. The summed E-state index contributed by atoms with van der Waals surface area (Å²) in [6.45, 7) is 10.6. The molecule has 0 aliphatic carbocycles. The molecule has 1 heterocycles. The minimum absolute atomic E-state index is 0.0143. The lowest BCUT2D eigenvalue weighted by atomic mass is 9.83. The van der Waals surface area contributed by atoms with E-state index in [9.17, 15) is 14.7 Å². The maximum Gasteiger partial charge on any atom is 0.225 e. The lowest BCUT2D eigenvalue weighted by Crippen LogP contribution is -2.66. The Labute approximate surface area is 115 Å². The molecule has 5 heteroatoms. The second-order valence-electron chi connectivity index (χ2n) is 6.76. The van der Waals surface area contributed by atoms with Crippen molar-refractivity contribution in [2.45, 2.75) is 46.6 Å². The molecule has 2 N–H and O–H groups in total. The van der Waals surface area contributed by atoms with E-state index >= 15 is 0 Å². The number of amides is 2. The number of hydrogen-bond donors (Lipinski definition) is 2. The van der Waals surface area contributed by atoms with Crippen molar-refractivity contribution in [3.8, 4) is 0 Å². The van der Waals surface area contributed by atoms with Crippen LogP contribution in [0.15, 0.2) is 0 Å². The van der Waals surface area contributed by atoms with Gasteiger partial charge in [0.05, 0.1) is 13.1 Å². The van der Waals surface area contributed by atoms with Crippen LogP contribution in [0.2, 0.25) is 0 Å². The van der Waals surface area contributed by atoms with Crippen LogP contribution in [0.1, 0.15) is 41.0 Å². The molecule has 0 atom stereocenters. The molecule has 5 nitrogen and oxygen atoms in total. The Kier molecular flexibility index (Phi) is 4.61. The second-order valence-corrected chi connectivity index (χ2v) is 6.76. The Morgan fingerprint density at radius 2 is 1.84 bits per heavy atom. The van der Waals surface area contributed by atoms with Gasteiger partial charge in [0.15, 0.2) is 0 Å². The molecule has 0 aromatic heterocycles. The molecular weight excluding hydrogens is 244 g/mol. The van der Waals surface area contributed by atoms with Gasteiger partial charge in [0.1, 0.15) is 5.60 Å². The zero-order valence-corrected chi connectivity index (χ0v) is 12.6. The highest BCUT2D eigenvalue weighted by Crippen LogP contribution is 2.28. The molecule has 0 aromatic rings. The minimum Gasteiger partial charge on any atom is -0.386 e. The second kappa shape index (κ2) is 5.49. The van der Waals surface area contributed by atoms with Crippen molar-refractivity contribution in [1.82, 2.24) is 10.2 Å². The first kappa shape index (κ1) is 16.0. The van der Waals surface area contributed by atoms with Crippen molar-refractivity contribution in [1.29, 1.82) is 0 Å². The van der Waals surface area contributed by atoms with Crippen molar-refractivity contribution >= 4 is 11.8 Å². The van der Waals surface area contributed by atoms with Gasteiger partial charge < -0.3 is 15.3 Å². The van der Waals surface area contributed by atoms with Crippen LogP contribution < -0.4 is 5.32 Å². The fourth-order valence-corrected chi connectivity index (χ4v) is 1.86. The first-order valence-corrected chi connectivity index (χ1v) is 6.85. The summed E-state index contributed by atoms with van der Waals surface area (Å²) in [5, 5.41) is 12.8. The molecule has 0 unspecified atom stereocenters. The fraction of sp³-hybridized carbons (Fsp3) is 0.857. The van der Waals surface area contributed by atoms with E-state index < -0.39 is 11.0 Å². The molecule has 1 rings (SSSR count). The molecule has 19 heavy (non-hydrogen) atoms. The van der Waals surface area contributed by atoms with E-state index in [1.807, 2.05) is 34.6 Å². The molecule has 110 valence electrons. The molecule has 1 aliphatic heterocycles. The number of β-amino-alcohol motifs (C(OH)–C–C–N with tert-alkyl or cyclic N) is 1. The van der Waals surface area contributed by atoms with Gasteiger partial charge in [-0.15, -0.1) is 0 Å². The average molecular weight is 270 g/mol. The van der Waals surface area contributed by atoms with Crippen LogP contribution in [0.3, 0.4) is 0 Å². The smallest absolute Gasteiger partial charge is 0.225 e. The van der Waals surface area contributed by atoms with E-state index in [0.29, 0.717) is 19.6 Å². The van der Waals surface area contributed by atoms with Crippen LogP contribution >= 0.6 is 0 Å². The van der Waals surface area contributed by atoms with Gasteiger partial charge in [-0.1, -0.05) is 34.6 Å². The molecule has 1 aliphatic rings. The van der Waals surface area contributed by atoms with Crippen LogP contribution in [-0.4, -0.2) is 47.1 Å². The third-order valence-corrected chi connectivity index (χ3v) is 3.66. The van der Waals surface area contributed by atoms with Gasteiger partial charge in [0, 0.05) is 18.4 Å². The van der Waals surface area contributed by atoms with Gasteiger partial charge in [-0.2, -0.15) is 0 Å². The maximum atomic E-state index is 11.8. The monoisotopic (exact) mass is 270 g/mol. The van der Waals surface area contributed by atoms with E-state index in [-0.39, 0.29) is 24.2 Å². The van der Waals surface area contributed by atoms with Crippen molar-refractivity contribution in [2.24, 2.45) is 11.3 Å². The number of hydrogen-bond acceptors (Lipinski definition) is 3. The molecular formula is C14H26N2O3. The van der Waals surface area contributed by atoms with Gasteiger partial charge in [-0.05, 0) is 5.92 Å². The Morgan fingerprint density at radius 3 is 2.26 bits per heavy atom. The Bertz CT molecular complexity index is 352. The molecule has 0 saturated carbocycles. The molecule has 0 bridgehead atoms. The zero-order chi connectivity index (χ0) is 14.8. The van der Waals surface area contributed by atoms with Gasteiger partial charge >= 0.3 is 0 Å². The molecule has 0 aromatic carbocycles. The highest BCUT2D eigenvalue weighted by atomic mass is 16.3. The van der Waals surface area contributed by atoms with Gasteiger partial charge in [0.25, 0.3) is 0 Å². The standard InChI is InChI=1S/C14H26N2O3/c1-10(2)14(19)8-16(9-14)11(17)6-7-15-12(18)13(3,4)5/h10,19H,6-9H2,1-5H3,(H,15,18).